The predicted molar refractivity (Wildman–Crippen MR) is 74.4 cm³/mol. The zero-order valence-corrected chi connectivity index (χ0v) is 11.8. The molecule has 1 amide bonds. The van der Waals surface area contributed by atoms with Crippen LogP contribution in [0.1, 0.15) is 12.6 Å². The van der Waals surface area contributed by atoms with Gasteiger partial charge in [0, 0.05) is 5.38 Å². The number of carboxylic acids is 1. The van der Waals surface area contributed by atoms with Crippen LogP contribution in [0.25, 0.3) is 9.88 Å². The zero-order valence-electron chi connectivity index (χ0n) is 10.1. The molecule has 0 saturated heterocycles. The fourth-order valence-electron chi connectivity index (χ4n) is 1.42. The number of carbonyl (C=O) groups is 2. The van der Waals surface area contributed by atoms with Gasteiger partial charge in [0.15, 0.2) is 0 Å². The first-order valence-electron chi connectivity index (χ1n) is 5.56. The number of rotatable bonds is 5. The topological polar surface area (TPSA) is 79.3 Å². The fourth-order valence-corrected chi connectivity index (χ4v) is 3.05. The number of nitrogens with zero attached hydrogens (tertiary/aromatic N) is 1. The van der Waals surface area contributed by atoms with Gasteiger partial charge in [-0.05, 0) is 18.4 Å². The Morgan fingerprint density at radius 3 is 2.89 bits per heavy atom. The molecule has 0 aliphatic rings. The van der Waals surface area contributed by atoms with Gasteiger partial charge in [-0.2, -0.15) is 0 Å². The van der Waals surface area contributed by atoms with E-state index in [1.165, 1.54) is 18.3 Å². The Hall–Kier alpha value is -1.73. The molecule has 0 fully saturated rings. The van der Waals surface area contributed by atoms with Crippen LogP contribution in [0.15, 0.2) is 22.9 Å². The molecule has 0 aliphatic carbocycles. The van der Waals surface area contributed by atoms with Crippen LogP contribution in [0, 0.1) is 0 Å². The average molecular weight is 296 g/mol. The van der Waals surface area contributed by atoms with Crippen molar-refractivity contribution in [1.82, 2.24) is 10.3 Å². The third-order valence-electron chi connectivity index (χ3n) is 2.37. The van der Waals surface area contributed by atoms with Crippen LogP contribution in [0.5, 0.6) is 0 Å². The lowest BCUT2D eigenvalue weighted by molar-refractivity contribution is -0.141. The van der Waals surface area contributed by atoms with Crippen LogP contribution in [-0.2, 0) is 16.0 Å². The van der Waals surface area contributed by atoms with Crippen molar-refractivity contribution in [3.63, 3.8) is 0 Å². The van der Waals surface area contributed by atoms with Crippen LogP contribution >= 0.6 is 22.7 Å². The zero-order chi connectivity index (χ0) is 13.8. The lowest BCUT2D eigenvalue weighted by Crippen LogP contribution is -2.39. The third-order valence-corrected chi connectivity index (χ3v) is 4.30. The van der Waals surface area contributed by atoms with Crippen molar-refractivity contribution >= 4 is 34.6 Å². The number of hydrogen-bond donors (Lipinski definition) is 2. The quantitative estimate of drug-likeness (QED) is 0.884. The second kappa shape index (κ2) is 5.94. The summed E-state index contributed by atoms with van der Waals surface area (Å²) < 4.78 is 0. The summed E-state index contributed by atoms with van der Waals surface area (Å²) in [7, 11) is 0. The molecule has 1 unspecified atom stereocenters. The van der Waals surface area contributed by atoms with Crippen LogP contribution in [0.2, 0.25) is 0 Å². The number of hydrogen-bond acceptors (Lipinski definition) is 5. The Morgan fingerprint density at radius 2 is 2.26 bits per heavy atom. The van der Waals surface area contributed by atoms with Crippen molar-refractivity contribution in [2.45, 2.75) is 19.4 Å². The Kier molecular flexibility index (Phi) is 4.28. The van der Waals surface area contributed by atoms with Gasteiger partial charge in [0.1, 0.15) is 11.0 Å². The second-order valence-corrected chi connectivity index (χ2v) is 5.73. The molecule has 7 heteroatoms. The normalized spacial score (nSPS) is 12.1. The maximum atomic E-state index is 11.6. The molecule has 0 aliphatic heterocycles. The fraction of sp³-hybridized carbons (Fsp3) is 0.250. The highest BCUT2D eigenvalue weighted by Gasteiger charge is 2.15. The lowest BCUT2D eigenvalue weighted by atomic mass is 10.3. The summed E-state index contributed by atoms with van der Waals surface area (Å²) in [5, 5.41) is 15.8. The van der Waals surface area contributed by atoms with E-state index in [1.54, 1.807) is 11.3 Å². The number of nitrogens with one attached hydrogen (secondary N) is 1. The number of thiophene rings is 1. The molecule has 2 aromatic rings. The largest absolute Gasteiger partial charge is 0.480 e. The number of thiazole rings is 1. The van der Waals surface area contributed by atoms with Crippen LogP contribution in [0.3, 0.4) is 0 Å². The van der Waals surface area contributed by atoms with Crippen molar-refractivity contribution < 1.29 is 14.7 Å². The highest BCUT2D eigenvalue weighted by Crippen LogP contribution is 2.27. The molecule has 5 nitrogen and oxygen atoms in total. The molecule has 2 rings (SSSR count). The number of amides is 1. The van der Waals surface area contributed by atoms with Crippen molar-refractivity contribution in [3.8, 4) is 9.88 Å². The van der Waals surface area contributed by atoms with Gasteiger partial charge in [0.25, 0.3) is 0 Å². The molecule has 0 radical (unpaired) electrons. The van der Waals surface area contributed by atoms with E-state index < -0.39 is 12.0 Å². The lowest BCUT2D eigenvalue weighted by Gasteiger charge is -2.07. The molecule has 2 aromatic heterocycles. The van der Waals surface area contributed by atoms with Gasteiger partial charge in [-0.3, -0.25) is 9.59 Å². The summed E-state index contributed by atoms with van der Waals surface area (Å²) >= 11 is 3.07. The molecule has 100 valence electrons. The van der Waals surface area contributed by atoms with Gasteiger partial charge in [0.05, 0.1) is 17.0 Å². The van der Waals surface area contributed by atoms with Crippen LogP contribution < -0.4 is 5.32 Å². The standard InChI is InChI=1S/C12H12N2O3S2/c1-7(12(16)17)13-10(15)5-8-6-19-11(14-8)9-3-2-4-18-9/h2-4,6-7H,5H2,1H3,(H,13,15)(H,16,17). The summed E-state index contributed by atoms with van der Waals surface area (Å²) in [5.41, 5.74) is 0.656. The summed E-state index contributed by atoms with van der Waals surface area (Å²) in [6.07, 6.45) is 0.0967. The molecule has 1 atom stereocenters. The first-order valence-corrected chi connectivity index (χ1v) is 7.32. The van der Waals surface area contributed by atoms with Crippen molar-refractivity contribution in [2.24, 2.45) is 0 Å². The number of aromatic nitrogens is 1. The molecule has 2 N–H and O–H groups in total. The van der Waals surface area contributed by atoms with Crippen molar-refractivity contribution in [3.05, 3.63) is 28.6 Å². The van der Waals surface area contributed by atoms with E-state index in [0.29, 0.717) is 5.69 Å². The summed E-state index contributed by atoms with van der Waals surface area (Å²) in [4.78, 5) is 27.7. The second-order valence-electron chi connectivity index (χ2n) is 3.93. The van der Waals surface area contributed by atoms with Crippen molar-refractivity contribution in [1.29, 1.82) is 0 Å². The van der Waals surface area contributed by atoms with E-state index >= 15 is 0 Å². The van der Waals surface area contributed by atoms with E-state index in [2.05, 4.69) is 10.3 Å². The minimum atomic E-state index is -1.05. The molecule has 19 heavy (non-hydrogen) atoms. The van der Waals surface area contributed by atoms with E-state index in [0.717, 1.165) is 9.88 Å². The highest BCUT2D eigenvalue weighted by molar-refractivity contribution is 7.20. The van der Waals surface area contributed by atoms with E-state index in [-0.39, 0.29) is 12.3 Å². The SMILES string of the molecule is CC(NC(=O)Cc1csc(-c2cccs2)n1)C(=O)O. The Bertz CT molecular complexity index is 578. The van der Waals surface area contributed by atoms with Crippen LogP contribution in [0.4, 0.5) is 0 Å². The summed E-state index contributed by atoms with van der Waals surface area (Å²) in [5.74, 6) is -1.39. The maximum absolute atomic E-state index is 11.6. The Labute approximate surface area is 117 Å². The predicted octanol–water partition coefficient (Wildman–Crippen LogP) is 2.00. The van der Waals surface area contributed by atoms with E-state index in [1.807, 2.05) is 22.9 Å². The Morgan fingerprint density at radius 1 is 1.47 bits per heavy atom. The van der Waals surface area contributed by atoms with Crippen LogP contribution in [-0.4, -0.2) is 28.0 Å². The Balaban J connectivity index is 1.97. The first-order chi connectivity index (χ1) is 9.06. The maximum Gasteiger partial charge on any atom is 0.325 e. The number of carboxylic acid groups (broad SMARTS) is 1. The smallest absolute Gasteiger partial charge is 0.325 e. The highest BCUT2D eigenvalue weighted by atomic mass is 32.1. The summed E-state index contributed by atoms with van der Waals surface area (Å²) in [6, 6.07) is 3.03. The van der Waals surface area contributed by atoms with Gasteiger partial charge >= 0.3 is 5.97 Å². The van der Waals surface area contributed by atoms with E-state index in [4.69, 9.17) is 5.11 Å². The summed E-state index contributed by atoms with van der Waals surface area (Å²) in [6.45, 7) is 1.43. The molecule has 0 spiro atoms. The number of aliphatic carboxylic acids is 1. The molecule has 0 bridgehead atoms. The van der Waals surface area contributed by atoms with Gasteiger partial charge in [-0.1, -0.05) is 6.07 Å². The minimum absolute atomic E-state index is 0.0967. The minimum Gasteiger partial charge on any atom is -0.480 e. The van der Waals surface area contributed by atoms with Gasteiger partial charge < -0.3 is 10.4 Å². The first kappa shape index (κ1) is 13.7. The molecule has 2 heterocycles. The third kappa shape index (κ3) is 3.62. The molecular weight excluding hydrogens is 284 g/mol. The average Bonchev–Trinajstić information content (AvgIpc) is 2.97. The van der Waals surface area contributed by atoms with Crippen molar-refractivity contribution in [2.75, 3.05) is 0 Å². The molecular formula is C12H12N2O3S2. The molecule has 0 aromatic carbocycles. The van der Waals surface area contributed by atoms with Gasteiger partial charge in [0.2, 0.25) is 5.91 Å². The molecule has 0 saturated carbocycles. The van der Waals surface area contributed by atoms with Gasteiger partial charge in [-0.25, -0.2) is 4.98 Å². The van der Waals surface area contributed by atoms with E-state index in [9.17, 15) is 9.59 Å². The monoisotopic (exact) mass is 296 g/mol. The van der Waals surface area contributed by atoms with Gasteiger partial charge in [-0.15, -0.1) is 22.7 Å². The number of carbonyl (C=O) groups excluding carboxylic acids is 1.